The Labute approximate surface area is 204 Å². The molecule has 0 fully saturated rings. The molecule has 0 N–H and O–H groups in total. The van der Waals surface area contributed by atoms with Crippen molar-refractivity contribution in [2.24, 2.45) is 0 Å². The lowest BCUT2D eigenvalue weighted by atomic mass is 10.2. The van der Waals surface area contributed by atoms with Crippen LogP contribution in [0, 0.1) is 0 Å². The molecule has 0 aliphatic rings. The van der Waals surface area contributed by atoms with Crippen molar-refractivity contribution in [1.82, 2.24) is 0 Å². The zero-order valence-electron chi connectivity index (χ0n) is 22.4. The topological polar surface area (TPSA) is 18.5 Å². The Balaban J connectivity index is 0.000000504. The molecule has 2 nitrogen and oxygen atoms in total. The molecule has 0 spiro atoms. The van der Waals surface area contributed by atoms with Crippen LogP contribution in [0.4, 0.5) is 0 Å². The lowest BCUT2D eigenvalue weighted by molar-refractivity contribution is 0.547. The van der Waals surface area contributed by atoms with Crippen molar-refractivity contribution in [2.75, 3.05) is 0 Å². The van der Waals surface area contributed by atoms with Gasteiger partial charge in [0.2, 0.25) is 0 Å². The third-order valence-corrected chi connectivity index (χ3v) is 14.9. The van der Waals surface area contributed by atoms with Crippen LogP contribution in [-0.4, -0.2) is 34.0 Å². The van der Waals surface area contributed by atoms with Crippen molar-refractivity contribution in [1.29, 1.82) is 0 Å². The quantitative estimate of drug-likeness (QED) is 0.336. The highest BCUT2D eigenvalue weighted by Gasteiger charge is 2.29. The molecule has 0 heterocycles. The molecule has 0 aromatic heterocycles. The lowest BCUT2D eigenvalue weighted by Gasteiger charge is -2.31. The normalized spacial score (nSPS) is 11.7. The Bertz CT molecular complexity index is 734. The van der Waals surface area contributed by atoms with Crippen LogP contribution in [0.2, 0.25) is 71.5 Å². The predicted octanol–water partition coefficient (Wildman–Crippen LogP) is 8.44. The van der Waals surface area contributed by atoms with E-state index < -0.39 is 34.0 Å². The van der Waals surface area contributed by atoms with Crippen molar-refractivity contribution in [3.63, 3.8) is 0 Å². The summed E-state index contributed by atoms with van der Waals surface area (Å²) in [5.41, 5.74) is 2.61. The molecule has 0 unspecified atom stereocenters. The molecule has 0 atom stereocenters. The fourth-order valence-corrected chi connectivity index (χ4v) is 16.9. The molecule has 0 saturated carbocycles. The highest BCUT2D eigenvalue weighted by Crippen LogP contribution is 2.20. The Hall–Kier alpha value is -1.03. The molecule has 0 amide bonds. The zero-order valence-corrected chi connectivity index (χ0v) is 26.5. The molecule has 180 valence electrons. The SMILES string of the molecule is C=Cc1ccccc1.C[SiH](C)O[Si](C)(C)C.C[Si](C)(C)O[Si](C)(C)CCc1ccccc1. The van der Waals surface area contributed by atoms with Crippen molar-refractivity contribution in [3.05, 3.63) is 78.4 Å². The summed E-state index contributed by atoms with van der Waals surface area (Å²) in [5.74, 6) is 0. The summed E-state index contributed by atoms with van der Waals surface area (Å²) in [6.45, 7) is 26.3. The third-order valence-electron chi connectivity index (χ3n) is 4.07. The molecule has 2 aromatic rings. The van der Waals surface area contributed by atoms with Crippen LogP contribution < -0.4 is 0 Å². The highest BCUT2D eigenvalue weighted by atomic mass is 28.4. The summed E-state index contributed by atoms with van der Waals surface area (Å²) >= 11 is 0. The second-order valence-corrected chi connectivity index (χ2v) is 27.2. The molecule has 0 aliphatic carbocycles. The molecule has 0 bridgehead atoms. The summed E-state index contributed by atoms with van der Waals surface area (Å²) in [5, 5.41) is 0. The minimum atomic E-state index is -1.46. The van der Waals surface area contributed by atoms with Crippen LogP contribution in [0.15, 0.2) is 67.2 Å². The van der Waals surface area contributed by atoms with Gasteiger partial charge in [-0.3, -0.25) is 0 Å². The molecule has 2 aromatic carbocycles. The first-order valence-electron chi connectivity index (χ1n) is 11.7. The Morgan fingerprint density at radius 1 is 0.750 bits per heavy atom. The van der Waals surface area contributed by atoms with E-state index in [0.717, 1.165) is 6.42 Å². The van der Waals surface area contributed by atoms with Crippen LogP contribution in [0.1, 0.15) is 11.1 Å². The first kappa shape index (κ1) is 31.0. The summed E-state index contributed by atoms with van der Waals surface area (Å²) in [7, 11) is -4.72. The maximum Gasteiger partial charge on any atom is 0.173 e. The largest absolute Gasteiger partial charge is 0.458 e. The fourth-order valence-electron chi connectivity index (χ4n) is 3.27. The Morgan fingerprint density at radius 2 is 1.22 bits per heavy atom. The van der Waals surface area contributed by atoms with Gasteiger partial charge in [0.1, 0.15) is 0 Å². The highest BCUT2D eigenvalue weighted by molar-refractivity contribution is 6.84. The number of hydrogen-bond acceptors (Lipinski definition) is 2. The molecule has 2 rings (SSSR count). The van der Waals surface area contributed by atoms with E-state index in [-0.39, 0.29) is 0 Å². The molecular formula is C26H48O2Si4. The second kappa shape index (κ2) is 15.0. The van der Waals surface area contributed by atoms with Gasteiger partial charge in [-0.2, -0.15) is 0 Å². The van der Waals surface area contributed by atoms with Gasteiger partial charge < -0.3 is 8.23 Å². The third kappa shape index (κ3) is 19.6. The smallest absolute Gasteiger partial charge is 0.173 e. The zero-order chi connectivity index (χ0) is 24.8. The minimum absolute atomic E-state index is 0.734. The molecule has 0 radical (unpaired) electrons. The van der Waals surface area contributed by atoms with E-state index in [1.807, 2.05) is 36.4 Å². The molecular weight excluding hydrogens is 457 g/mol. The first-order valence-corrected chi connectivity index (χ1v) is 24.4. The number of rotatable bonds is 8. The van der Waals surface area contributed by atoms with E-state index in [0.29, 0.717) is 0 Å². The Morgan fingerprint density at radius 3 is 1.53 bits per heavy atom. The van der Waals surface area contributed by atoms with Gasteiger partial charge in [0.15, 0.2) is 34.0 Å². The van der Waals surface area contributed by atoms with Crippen LogP contribution in [0.5, 0.6) is 0 Å². The maximum absolute atomic E-state index is 6.32. The van der Waals surface area contributed by atoms with Gasteiger partial charge in [-0.1, -0.05) is 73.3 Å². The van der Waals surface area contributed by atoms with Gasteiger partial charge in [0.05, 0.1) is 0 Å². The average molecular weight is 505 g/mol. The van der Waals surface area contributed by atoms with Gasteiger partial charge in [0.25, 0.3) is 0 Å². The van der Waals surface area contributed by atoms with E-state index in [1.54, 1.807) is 0 Å². The number of aryl methyl sites for hydroxylation is 1. The van der Waals surface area contributed by atoms with Crippen molar-refractivity contribution in [3.8, 4) is 0 Å². The van der Waals surface area contributed by atoms with Gasteiger partial charge >= 0.3 is 0 Å². The van der Waals surface area contributed by atoms with E-state index in [9.17, 15) is 0 Å². The van der Waals surface area contributed by atoms with Crippen molar-refractivity contribution >= 4 is 40.1 Å². The summed E-state index contributed by atoms with van der Waals surface area (Å²) in [6.07, 6.45) is 2.99. The Kier molecular flexibility index (Phi) is 14.5. The predicted molar refractivity (Wildman–Crippen MR) is 157 cm³/mol. The standard InChI is InChI=1S/C13H24OSi2.C8H8.C5H16OSi2/c1-15(2,3)14-16(4,5)12-11-13-9-7-6-8-10-13;1-2-8-6-4-3-5-7-8;1-7(2)6-8(3,4)5/h6-10H,11-12H2,1-5H3;2-7H,1H2;7H,1-5H3. The fraction of sp³-hybridized carbons (Fsp3) is 0.462. The van der Waals surface area contributed by atoms with Crippen LogP contribution in [0.3, 0.4) is 0 Å². The lowest BCUT2D eigenvalue weighted by Crippen LogP contribution is -2.42. The number of hydrogen-bond donors (Lipinski definition) is 0. The van der Waals surface area contributed by atoms with Crippen molar-refractivity contribution < 1.29 is 8.23 Å². The van der Waals surface area contributed by atoms with Gasteiger partial charge in [-0.05, 0) is 89.1 Å². The first-order chi connectivity index (χ1) is 14.6. The van der Waals surface area contributed by atoms with Gasteiger partial charge in [-0.15, -0.1) is 0 Å². The second-order valence-electron chi connectivity index (χ2n) is 10.9. The van der Waals surface area contributed by atoms with E-state index in [2.05, 4.69) is 102 Å². The average Bonchev–Trinajstić information content (AvgIpc) is 2.65. The van der Waals surface area contributed by atoms with Gasteiger partial charge in [-0.25, -0.2) is 0 Å². The maximum atomic E-state index is 6.32. The van der Waals surface area contributed by atoms with E-state index in [4.69, 9.17) is 8.23 Å². The van der Waals surface area contributed by atoms with E-state index >= 15 is 0 Å². The molecule has 0 aliphatic heterocycles. The van der Waals surface area contributed by atoms with Crippen LogP contribution >= 0.6 is 0 Å². The number of benzene rings is 2. The minimum Gasteiger partial charge on any atom is -0.458 e. The molecule has 32 heavy (non-hydrogen) atoms. The van der Waals surface area contributed by atoms with Gasteiger partial charge in [0, 0.05) is 0 Å². The monoisotopic (exact) mass is 504 g/mol. The summed E-state index contributed by atoms with van der Waals surface area (Å²) < 4.78 is 12.0. The summed E-state index contributed by atoms with van der Waals surface area (Å²) in [6, 6.07) is 22.0. The van der Waals surface area contributed by atoms with Crippen molar-refractivity contribution in [2.45, 2.75) is 77.9 Å². The summed E-state index contributed by atoms with van der Waals surface area (Å²) in [4.78, 5) is 0. The molecule has 6 heteroatoms. The van der Waals surface area contributed by atoms with Crippen LogP contribution in [0.25, 0.3) is 6.08 Å². The van der Waals surface area contributed by atoms with Crippen LogP contribution in [-0.2, 0) is 14.7 Å². The molecule has 0 saturated heterocycles. The van der Waals surface area contributed by atoms with E-state index in [1.165, 1.54) is 17.2 Å².